The minimum Gasteiger partial charge on any atom is -0.352 e. The van der Waals surface area contributed by atoms with E-state index in [0.717, 1.165) is 34.5 Å². The highest BCUT2D eigenvalue weighted by molar-refractivity contribution is 8.00. The van der Waals surface area contributed by atoms with Crippen molar-refractivity contribution in [2.24, 2.45) is 0 Å². The van der Waals surface area contributed by atoms with Crippen molar-refractivity contribution >= 4 is 29.4 Å². The highest BCUT2D eigenvalue weighted by Crippen LogP contribution is 2.48. The highest BCUT2D eigenvalue weighted by atomic mass is 32.2. The third kappa shape index (κ3) is 5.74. The monoisotopic (exact) mass is 522 g/mol. The third-order valence-electron chi connectivity index (χ3n) is 6.52. The molecule has 1 aliphatic heterocycles. The quantitative estimate of drug-likeness (QED) is 0.451. The fourth-order valence-electron chi connectivity index (χ4n) is 4.51. The van der Waals surface area contributed by atoms with Crippen molar-refractivity contribution in [3.05, 3.63) is 76.7 Å². The fraction of sp³-hybridized carbons (Fsp3) is 0.414. The van der Waals surface area contributed by atoms with Gasteiger partial charge in [0.15, 0.2) is 0 Å². The van der Waals surface area contributed by atoms with Gasteiger partial charge in [-0.05, 0) is 55.7 Å². The van der Waals surface area contributed by atoms with E-state index in [1.54, 1.807) is 15.6 Å². The average molecular weight is 523 g/mol. The van der Waals surface area contributed by atoms with Gasteiger partial charge in [0.2, 0.25) is 11.8 Å². The number of nitrogens with zero attached hydrogens (tertiary/aromatic N) is 3. The third-order valence-corrected chi connectivity index (χ3v) is 7.77. The lowest BCUT2D eigenvalue weighted by Crippen LogP contribution is -2.44. The van der Waals surface area contributed by atoms with Crippen molar-refractivity contribution < 1.29 is 14.0 Å². The average Bonchev–Trinajstić information content (AvgIpc) is 3.17. The molecule has 6 nitrogen and oxygen atoms in total. The molecule has 37 heavy (non-hydrogen) atoms. The van der Waals surface area contributed by atoms with E-state index in [4.69, 9.17) is 5.10 Å². The molecule has 8 heteroatoms. The lowest BCUT2D eigenvalue weighted by Gasteiger charge is -2.25. The molecule has 0 spiro atoms. The molecule has 3 aromatic rings. The Labute approximate surface area is 222 Å². The molecule has 2 amide bonds. The van der Waals surface area contributed by atoms with Crippen molar-refractivity contribution in [3.63, 3.8) is 0 Å². The van der Waals surface area contributed by atoms with Gasteiger partial charge in [0, 0.05) is 17.0 Å². The Morgan fingerprint density at radius 1 is 1.22 bits per heavy atom. The van der Waals surface area contributed by atoms with Crippen LogP contribution in [0, 0.1) is 12.7 Å². The first-order valence-electron chi connectivity index (χ1n) is 12.7. The maximum atomic E-state index is 14.4. The summed E-state index contributed by atoms with van der Waals surface area (Å²) in [5, 5.41) is 7.72. The van der Waals surface area contributed by atoms with E-state index in [9.17, 15) is 14.0 Å². The molecular formula is C29H35FN4O2S. The van der Waals surface area contributed by atoms with Gasteiger partial charge in [-0.15, -0.1) is 11.8 Å². The summed E-state index contributed by atoms with van der Waals surface area (Å²) in [7, 11) is 0. The molecule has 2 atom stereocenters. The molecule has 196 valence electrons. The molecule has 1 aromatic heterocycles. The number of hydrogen-bond acceptors (Lipinski definition) is 4. The number of nitrogens with one attached hydrogen (secondary N) is 1. The normalized spacial score (nSPS) is 16.8. The molecule has 2 heterocycles. The predicted octanol–water partition coefficient (Wildman–Crippen LogP) is 5.70. The number of hydrogen-bond donors (Lipinski definition) is 1. The van der Waals surface area contributed by atoms with Gasteiger partial charge >= 0.3 is 0 Å². The number of amides is 2. The molecule has 0 saturated heterocycles. The van der Waals surface area contributed by atoms with E-state index >= 15 is 0 Å². The Kier molecular flexibility index (Phi) is 7.78. The molecule has 0 aliphatic carbocycles. The van der Waals surface area contributed by atoms with Crippen LogP contribution in [-0.2, 0) is 15.0 Å². The number of anilines is 1. The number of benzene rings is 2. The van der Waals surface area contributed by atoms with E-state index in [1.165, 1.54) is 23.9 Å². The van der Waals surface area contributed by atoms with Crippen LogP contribution in [0.5, 0.6) is 0 Å². The number of fused-ring (bicyclic) bond motifs is 1. The number of aryl methyl sites for hydroxylation is 1. The van der Waals surface area contributed by atoms with Crippen LogP contribution in [0.4, 0.5) is 10.2 Å². The number of halogens is 1. The van der Waals surface area contributed by atoms with Gasteiger partial charge in [-0.2, -0.15) is 5.10 Å². The molecule has 2 aromatic carbocycles. The number of carbonyl (C=O) groups excluding carboxylic acids is 2. The molecular weight excluding hydrogens is 487 g/mol. The zero-order valence-electron chi connectivity index (χ0n) is 22.3. The Hall–Kier alpha value is -3.13. The van der Waals surface area contributed by atoms with Crippen molar-refractivity contribution in [3.8, 4) is 5.69 Å². The smallest absolute Gasteiger partial charge is 0.240 e. The van der Waals surface area contributed by atoms with Crippen LogP contribution in [0.15, 0.2) is 48.5 Å². The summed E-state index contributed by atoms with van der Waals surface area (Å²) in [4.78, 5) is 28.2. The maximum Gasteiger partial charge on any atom is 0.240 e. The zero-order valence-corrected chi connectivity index (χ0v) is 23.2. The first kappa shape index (κ1) is 26.9. The number of thioether (sulfide) groups is 1. The van der Waals surface area contributed by atoms with Gasteiger partial charge in [0.25, 0.3) is 0 Å². The van der Waals surface area contributed by atoms with Crippen LogP contribution in [0.3, 0.4) is 0 Å². The van der Waals surface area contributed by atoms with E-state index in [0.29, 0.717) is 5.82 Å². The van der Waals surface area contributed by atoms with Crippen LogP contribution in [0.25, 0.3) is 5.69 Å². The van der Waals surface area contributed by atoms with E-state index in [2.05, 4.69) is 26.1 Å². The summed E-state index contributed by atoms with van der Waals surface area (Å²) >= 11 is 1.44. The van der Waals surface area contributed by atoms with Gasteiger partial charge in [-0.1, -0.05) is 52.0 Å². The molecule has 0 saturated carbocycles. The first-order chi connectivity index (χ1) is 17.5. The number of rotatable bonds is 6. The topological polar surface area (TPSA) is 67.2 Å². The summed E-state index contributed by atoms with van der Waals surface area (Å²) < 4.78 is 16.2. The Balaban J connectivity index is 1.99. The highest BCUT2D eigenvalue weighted by Gasteiger charge is 2.40. The Bertz CT molecular complexity index is 1310. The van der Waals surface area contributed by atoms with Crippen molar-refractivity contribution in [1.29, 1.82) is 0 Å². The fourth-order valence-corrected chi connectivity index (χ4v) is 5.70. The molecule has 4 rings (SSSR count). The van der Waals surface area contributed by atoms with E-state index in [-0.39, 0.29) is 46.6 Å². The predicted molar refractivity (Wildman–Crippen MR) is 148 cm³/mol. The van der Waals surface area contributed by atoms with Crippen LogP contribution in [0.2, 0.25) is 0 Å². The second-order valence-corrected chi connectivity index (χ2v) is 11.8. The van der Waals surface area contributed by atoms with Gasteiger partial charge in [0.1, 0.15) is 18.2 Å². The molecule has 0 fully saturated rings. The first-order valence-corrected chi connectivity index (χ1v) is 13.7. The van der Waals surface area contributed by atoms with Crippen molar-refractivity contribution in [2.45, 2.75) is 64.7 Å². The van der Waals surface area contributed by atoms with E-state index in [1.807, 2.05) is 51.1 Å². The van der Waals surface area contributed by atoms with Crippen LogP contribution in [0.1, 0.15) is 68.7 Å². The van der Waals surface area contributed by atoms with Crippen LogP contribution < -0.4 is 10.2 Å². The minimum absolute atomic E-state index is 0.00436. The second-order valence-electron chi connectivity index (χ2n) is 10.7. The molecule has 2 unspecified atom stereocenters. The molecule has 1 aliphatic rings. The standard InChI is InChI=1S/C29H35FN4O2S/c1-7-19(3)31-23(35)16-33-24(36)17-37-26(20-11-9-12-21(30)15-20)25-27(29(4,5)6)32-34(28(25)33)22-13-8-10-18(2)14-22/h8-15,19,26H,7,16-17H2,1-6H3,(H,31,35). The SMILES string of the molecule is CCC(C)NC(=O)CN1C(=O)CSC(c2cccc(F)c2)c2c(C(C)(C)C)nn(-c3cccc(C)c3)c21. The Morgan fingerprint density at radius 2 is 1.95 bits per heavy atom. The summed E-state index contributed by atoms with van der Waals surface area (Å²) in [5.41, 5.74) is 3.90. The zero-order chi connectivity index (χ0) is 26.9. The summed E-state index contributed by atoms with van der Waals surface area (Å²) in [6.45, 7) is 12.1. The lowest BCUT2D eigenvalue weighted by molar-refractivity contribution is -0.123. The summed E-state index contributed by atoms with van der Waals surface area (Å²) in [5.74, 6) is -0.0116. The maximum absolute atomic E-state index is 14.4. The second kappa shape index (κ2) is 10.7. The van der Waals surface area contributed by atoms with E-state index < -0.39 is 0 Å². The molecule has 0 bridgehead atoms. The van der Waals surface area contributed by atoms with Gasteiger partial charge < -0.3 is 5.32 Å². The van der Waals surface area contributed by atoms with Gasteiger partial charge in [0.05, 0.1) is 22.4 Å². The summed E-state index contributed by atoms with van der Waals surface area (Å²) in [6.07, 6.45) is 0.790. The van der Waals surface area contributed by atoms with Crippen LogP contribution in [-0.4, -0.2) is 39.9 Å². The molecule has 1 N–H and O–H groups in total. The minimum atomic E-state index is -0.372. The Morgan fingerprint density at radius 3 is 2.59 bits per heavy atom. The van der Waals surface area contributed by atoms with Crippen LogP contribution >= 0.6 is 11.8 Å². The number of aromatic nitrogens is 2. The molecule has 0 radical (unpaired) electrons. The summed E-state index contributed by atoms with van der Waals surface area (Å²) in [6, 6.07) is 14.4. The largest absolute Gasteiger partial charge is 0.352 e. The van der Waals surface area contributed by atoms with Crippen molar-refractivity contribution in [1.82, 2.24) is 15.1 Å². The van der Waals surface area contributed by atoms with Gasteiger partial charge in [-0.3, -0.25) is 14.5 Å². The van der Waals surface area contributed by atoms with Gasteiger partial charge in [-0.25, -0.2) is 9.07 Å². The number of carbonyl (C=O) groups is 2. The lowest BCUT2D eigenvalue weighted by atomic mass is 9.87. The van der Waals surface area contributed by atoms with Crippen molar-refractivity contribution in [2.75, 3.05) is 17.2 Å².